The highest BCUT2D eigenvalue weighted by Crippen LogP contribution is 2.22. The topological polar surface area (TPSA) is 82.5 Å². The van der Waals surface area contributed by atoms with E-state index in [0.29, 0.717) is 5.69 Å². The van der Waals surface area contributed by atoms with E-state index >= 15 is 0 Å². The first kappa shape index (κ1) is 14.3. The second-order valence-corrected chi connectivity index (χ2v) is 5.10. The molecular weight excluding hydrogens is 258 g/mol. The van der Waals surface area contributed by atoms with Crippen molar-refractivity contribution in [2.24, 2.45) is 0 Å². The zero-order chi connectivity index (χ0) is 14.5. The third kappa shape index (κ3) is 3.46. The summed E-state index contributed by atoms with van der Waals surface area (Å²) in [7, 11) is 1.78. The number of aromatic carboxylic acids is 1. The number of nitrogens with zero attached hydrogens (tertiary/aromatic N) is 2. The Morgan fingerprint density at radius 1 is 1.30 bits per heavy atom. The molecule has 0 radical (unpaired) electrons. The number of carboxylic acid groups (broad SMARTS) is 1. The molecule has 2 rings (SSSR count). The van der Waals surface area contributed by atoms with E-state index in [1.807, 2.05) is 0 Å². The number of carbonyl (C=O) groups is 2. The Morgan fingerprint density at radius 3 is 2.65 bits per heavy atom. The van der Waals surface area contributed by atoms with Gasteiger partial charge in [-0.15, -0.1) is 0 Å². The van der Waals surface area contributed by atoms with Gasteiger partial charge in [0.05, 0.1) is 17.4 Å². The Morgan fingerprint density at radius 2 is 2.00 bits per heavy atom. The predicted molar refractivity (Wildman–Crippen MR) is 74.9 cm³/mol. The number of urea groups is 1. The van der Waals surface area contributed by atoms with E-state index in [1.54, 1.807) is 11.9 Å². The first-order valence-corrected chi connectivity index (χ1v) is 6.80. The van der Waals surface area contributed by atoms with Gasteiger partial charge in [0.1, 0.15) is 0 Å². The van der Waals surface area contributed by atoms with Gasteiger partial charge in [-0.1, -0.05) is 19.3 Å². The minimum absolute atomic E-state index is 0.0584. The van der Waals surface area contributed by atoms with Gasteiger partial charge in [0.15, 0.2) is 0 Å². The van der Waals surface area contributed by atoms with E-state index in [1.165, 1.54) is 24.9 Å². The van der Waals surface area contributed by atoms with Crippen LogP contribution in [0.1, 0.15) is 42.5 Å². The van der Waals surface area contributed by atoms with Gasteiger partial charge in [-0.25, -0.2) is 9.59 Å². The van der Waals surface area contributed by atoms with Gasteiger partial charge in [-0.3, -0.25) is 4.98 Å². The molecule has 1 saturated carbocycles. The van der Waals surface area contributed by atoms with Crippen molar-refractivity contribution in [3.8, 4) is 0 Å². The van der Waals surface area contributed by atoms with Gasteiger partial charge in [-0.2, -0.15) is 0 Å². The van der Waals surface area contributed by atoms with Crippen molar-refractivity contribution in [1.82, 2.24) is 9.88 Å². The van der Waals surface area contributed by atoms with E-state index in [9.17, 15) is 9.59 Å². The molecule has 0 aromatic carbocycles. The number of carboxylic acids is 1. The molecule has 0 unspecified atom stereocenters. The van der Waals surface area contributed by atoms with Crippen LogP contribution in [0, 0.1) is 0 Å². The predicted octanol–water partition coefficient (Wildman–Crippen LogP) is 2.58. The first-order valence-electron chi connectivity index (χ1n) is 6.80. The van der Waals surface area contributed by atoms with E-state index in [0.717, 1.165) is 25.7 Å². The smallest absolute Gasteiger partial charge is 0.337 e. The summed E-state index contributed by atoms with van der Waals surface area (Å²) in [5, 5.41) is 11.6. The summed E-state index contributed by atoms with van der Waals surface area (Å²) < 4.78 is 0. The lowest BCUT2D eigenvalue weighted by molar-refractivity contribution is 0.0696. The van der Waals surface area contributed by atoms with Gasteiger partial charge in [0.25, 0.3) is 0 Å². The molecule has 1 fully saturated rings. The number of aromatic nitrogens is 1. The molecule has 108 valence electrons. The van der Waals surface area contributed by atoms with E-state index in [4.69, 9.17) is 5.11 Å². The van der Waals surface area contributed by atoms with Gasteiger partial charge in [0, 0.05) is 19.3 Å². The van der Waals surface area contributed by atoms with Crippen LogP contribution >= 0.6 is 0 Å². The number of carbonyl (C=O) groups excluding carboxylic acids is 1. The summed E-state index contributed by atoms with van der Waals surface area (Å²) in [5.74, 6) is -1.06. The Kier molecular flexibility index (Phi) is 4.55. The highest BCUT2D eigenvalue weighted by Gasteiger charge is 2.22. The normalized spacial score (nSPS) is 15.7. The number of amides is 2. The van der Waals surface area contributed by atoms with Crippen LogP contribution in [0.5, 0.6) is 0 Å². The standard InChI is InChI=1S/C14H19N3O3/c1-17(12-5-3-2-4-6-12)14(20)16-11-7-10(13(18)19)8-15-9-11/h7-9,12H,2-6H2,1H3,(H,16,20)(H,18,19). The molecule has 0 saturated heterocycles. The van der Waals surface area contributed by atoms with E-state index in [-0.39, 0.29) is 17.6 Å². The third-order valence-electron chi connectivity index (χ3n) is 3.68. The number of hydrogen-bond donors (Lipinski definition) is 2. The Bertz CT molecular complexity index is 498. The monoisotopic (exact) mass is 277 g/mol. The molecule has 2 amide bonds. The van der Waals surface area contributed by atoms with Crippen LogP contribution < -0.4 is 5.32 Å². The molecule has 6 heteroatoms. The summed E-state index contributed by atoms with van der Waals surface area (Å²) in [6.07, 6.45) is 8.28. The maximum Gasteiger partial charge on any atom is 0.337 e. The second-order valence-electron chi connectivity index (χ2n) is 5.10. The first-order chi connectivity index (χ1) is 9.58. The number of nitrogens with one attached hydrogen (secondary N) is 1. The molecule has 1 aromatic heterocycles. The second kappa shape index (κ2) is 6.36. The summed E-state index contributed by atoms with van der Waals surface area (Å²) in [5.41, 5.74) is 0.459. The molecule has 1 aliphatic rings. The fraction of sp³-hybridized carbons (Fsp3) is 0.500. The molecular formula is C14H19N3O3. The zero-order valence-electron chi connectivity index (χ0n) is 11.5. The summed E-state index contributed by atoms with van der Waals surface area (Å²) in [6, 6.07) is 1.45. The van der Waals surface area contributed by atoms with Crippen LogP contribution in [0.4, 0.5) is 10.5 Å². The highest BCUT2D eigenvalue weighted by atomic mass is 16.4. The van der Waals surface area contributed by atoms with Crippen LogP contribution in [-0.2, 0) is 0 Å². The molecule has 20 heavy (non-hydrogen) atoms. The number of rotatable bonds is 3. The summed E-state index contributed by atoms with van der Waals surface area (Å²) in [6.45, 7) is 0. The maximum absolute atomic E-state index is 12.1. The molecule has 0 spiro atoms. The Hall–Kier alpha value is -2.11. The minimum atomic E-state index is -1.06. The lowest BCUT2D eigenvalue weighted by Gasteiger charge is -2.31. The van der Waals surface area contributed by atoms with Crippen LogP contribution in [0.2, 0.25) is 0 Å². The number of anilines is 1. The third-order valence-corrected chi connectivity index (χ3v) is 3.68. The molecule has 0 bridgehead atoms. The SMILES string of the molecule is CN(C(=O)Nc1cncc(C(=O)O)c1)C1CCCCC1. The van der Waals surface area contributed by atoms with E-state index in [2.05, 4.69) is 10.3 Å². The van der Waals surface area contributed by atoms with Gasteiger partial charge in [-0.05, 0) is 18.9 Å². The van der Waals surface area contributed by atoms with E-state index < -0.39 is 5.97 Å². The Labute approximate surface area is 117 Å². The van der Waals surface area contributed by atoms with Crippen LogP contribution in [0.15, 0.2) is 18.5 Å². The molecule has 6 nitrogen and oxygen atoms in total. The quantitative estimate of drug-likeness (QED) is 0.889. The average molecular weight is 277 g/mol. The van der Waals surface area contributed by atoms with Crippen molar-refractivity contribution < 1.29 is 14.7 Å². The van der Waals surface area contributed by atoms with Gasteiger partial charge < -0.3 is 15.3 Å². The maximum atomic E-state index is 12.1. The van der Waals surface area contributed by atoms with Crippen molar-refractivity contribution in [2.75, 3.05) is 12.4 Å². The molecule has 2 N–H and O–H groups in total. The van der Waals surface area contributed by atoms with Crippen molar-refractivity contribution in [1.29, 1.82) is 0 Å². The van der Waals surface area contributed by atoms with Crippen LogP contribution in [0.3, 0.4) is 0 Å². The van der Waals surface area contributed by atoms with Crippen LogP contribution in [0.25, 0.3) is 0 Å². The van der Waals surface area contributed by atoms with Crippen molar-refractivity contribution in [3.63, 3.8) is 0 Å². The molecule has 0 atom stereocenters. The zero-order valence-corrected chi connectivity index (χ0v) is 11.5. The largest absolute Gasteiger partial charge is 0.478 e. The summed E-state index contributed by atoms with van der Waals surface area (Å²) >= 11 is 0. The number of pyridine rings is 1. The molecule has 0 aliphatic heterocycles. The van der Waals surface area contributed by atoms with Gasteiger partial charge >= 0.3 is 12.0 Å². The average Bonchev–Trinajstić information content (AvgIpc) is 2.47. The fourth-order valence-corrected chi connectivity index (χ4v) is 2.47. The van der Waals surface area contributed by atoms with Gasteiger partial charge in [0.2, 0.25) is 0 Å². The van der Waals surface area contributed by atoms with Crippen molar-refractivity contribution in [2.45, 2.75) is 38.1 Å². The molecule has 1 aromatic rings. The van der Waals surface area contributed by atoms with Crippen molar-refractivity contribution >= 4 is 17.7 Å². The number of hydrogen-bond acceptors (Lipinski definition) is 3. The summed E-state index contributed by atoms with van der Waals surface area (Å²) in [4.78, 5) is 28.5. The molecule has 1 heterocycles. The van der Waals surface area contributed by atoms with Crippen molar-refractivity contribution in [3.05, 3.63) is 24.0 Å². The Balaban J connectivity index is 1.99. The lowest BCUT2D eigenvalue weighted by Crippen LogP contribution is -2.40. The fourth-order valence-electron chi connectivity index (χ4n) is 2.47. The lowest BCUT2D eigenvalue weighted by atomic mass is 9.95. The minimum Gasteiger partial charge on any atom is -0.478 e. The highest BCUT2D eigenvalue weighted by molar-refractivity contribution is 5.92. The van der Waals surface area contributed by atoms with Crippen LogP contribution in [-0.4, -0.2) is 40.1 Å². The molecule has 1 aliphatic carbocycles.